The van der Waals surface area contributed by atoms with Crippen molar-refractivity contribution >= 4 is 11.9 Å². The minimum absolute atomic E-state index is 0.0803. The summed E-state index contributed by atoms with van der Waals surface area (Å²) in [5.74, 6) is 1.19. The molecule has 4 N–H and O–H groups in total. The Hall–Kier alpha value is -3.02. The molecule has 0 bridgehead atoms. The number of guanidine groups is 1. The smallest absolute Gasteiger partial charge is 0.251 e. The third kappa shape index (κ3) is 4.33. The van der Waals surface area contributed by atoms with E-state index in [4.69, 9.17) is 10.5 Å². The Labute approximate surface area is 153 Å². The second-order valence-electron chi connectivity index (χ2n) is 6.13. The number of nitrogens with one attached hydrogen (secondary N) is 2. The quantitative estimate of drug-likeness (QED) is 0.569. The molecule has 26 heavy (non-hydrogen) atoms. The molecule has 0 radical (unpaired) electrons. The van der Waals surface area contributed by atoms with Crippen molar-refractivity contribution in [1.29, 1.82) is 0 Å². The van der Waals surface area contributed by atoms with Crippen molar-refractivity contribution in [2.45, 2.75) is 25.9 Å². The zero-order valence-corrected chi connectivity index (χ0v) is 14.9. The van der Waals surface area contributed by atoms with Gasteiger partial charge < -0.3 is 21.1 Å². The van der Waals surface area contributed by atoms with Gasteiger partial charge in [-0.25, -0.2) is 4.99 Å². The lowest BCUT2D eigenvalue weighted by molar-refractivity contribution is 0.0955. The van der Waals surface area contributed by atoms with E-state index in [1.807, 2.05) is 49.4 Å². The zero-order chi connectivity index (χ0) is 18.4. The van der Waals surface area contributed by atoms with Crippen LogP contribution in [-0.2, 0) is 6.54 Å². The Morgan fingerprint density at radius 2 is 2.12 bits per heavy atom. The summed E-state index contributed by atoms with van der Waals surface area (Å²) in [6.45, 7) is 3.56. The summed E-state index contributed by atoms with van der Waals surface area (Å²) in [6, 6.07) is 15.5. The van der Waals surface area contributed by atoms with E-state index in [0.717, 1.165) is 23.3 Å². The van der Waals surface area contributed by atoms with Crippen LogP contribution in [0, 0.1) is 0 Å². The molecule has 1 aliphatic heterocycles. The van der Waals surface area contributed by atoms with E-state index < -0.39 is 0 Å². The van der Waals surface area contributed by atoms with Gasteiger partial charge in [0.05, 0.1) is 19.2 Å². The molecule has 0 spiro atoms. The van der Waals surface area contributed by atoms with E-state index in [-0.39, 0.29) is 11.9 Å². The Balaban J connectivity index is 1.65. The average Bonchev–Trinajstić information content (AvgIpc) is 2.67. The predicted molar refractivity (Wildman–Crippen MR) is 102 cm³/mol. The van der Waals surface area contributed by atoms with Crippen LogP contribution in [0.4, 0.5) is 0 Å². The fourth-order valence-corrected chi connectivity index (χ4v) is 2.97. The Kier molecular flexibility index (Phi) is 5.73. The van der Waals surface area contributed by atoms with Crippen LogP contribution in [0.1, 0.15) is 40.9 Å². The number of hydrogen-bond acceptors (Lipinski definition) is 3. The first-order valence-corrected chi connectivity index (χ1v) is 8.82. The van der Waals surface area contributed by atoms with E-state index in [1.165, 1.54) is 0 Å². The Morgan fingerprint density at radius 1 is 1.27 bits per heavy atom. The molecule has 1 unspecified atom stereocenters. The summed E-state index contributed by atoms with van der Waals surface area (Å²) in [6.07, 6.45) is 0.833. The molecule has 3 rings (SSSR count). The van der Waals surface area contributed by atoms with E-state index in [2.05, 4.69) is 15.6 Å². The summed E-state index contributed by atoms with van der Waals surface area (Å²) in [5, 5.41) is 6.07. The van der Waals surface area contributed by atoms with Crippen LogP contribution in [-0.4, -0.2) is 25.0 Å². The Bertz CT molecular complexity index is 804. The van der Waals surface area contributed by atoms with Gasteiger partial charge in [0.2, 0.25) is 0 Å². The lowest BCUT2D eigenvalue weighted by atomic mass is 10.0. The highest BCUT2D eigenvalue weighted by Crippen LogP contribution is 2.31. The molecule has 6 heteroatoms. The van der Waals surface area contributed by atoms with Gasteiger partial charge in [0, 0.05) is 24.1 Å². The summed E-state index contributed by atoms with van der Waals surface area (Å²) in [7, 11) is 0. The van der Waals surface area contributed by atoms with Crippen LogP contribution >= 0.6 is 0 Å². The number of aliphatic imine (C=N–C) groups is 1. The summed E-state index contributed by atoms with van der Waals surface area (Å²) in [4.78, 5) is 16.3. The van der Waals surface area contributed by atoms with Gasteiger partial charge in [0.25, 0.3) is 5.91 Å². The molecule has 0 fully saturated rings. The van der Waals surface area contributed by atoms with Crippen LogP contribution in [0.5, 0.6) is 5.75 Å². The number of amides is 1. The number of nitrogens with zero attached hydrogens (tertiary/aromatic N) is 1. The van der Waals surface area contributed by atoms with Crippen molar-refractivity contribution in [1.82, 2.24) is 10.6 Å². The molecule has 1 amide bonds. The summed E-state index contributed by atoms with van der Waals surface area (Å²) >= 11 is 0. The van der Waals surface area contributed by atoms with Gasteiger partial charge >= 0.3 is 0 Å². The van der Waals surface area contributed by atoms with Gasteiger partial charge in [-0.2, -0.15) is 0 Å². The number of rotatable bonds is 5. The van der Waals surface area contributed by atoms with E-state index in [1.54, 1.807) is 6.07 Å². The maximum absolute atomic E-state index is 11.9. The first-order chi connectivity index (χ1) is 12.7. The number of benzene rings is 2. The van der Waals surface area contributed by atoms with Crippen LogP contribution in [0.25, 0.3) is 0 Å². The number of para-hydroxylation sites is 1. The number of ether oxygens (including phenoxy) is 1. The molecular weight excluding hydrogens is 328 g/mol. The molecule has 0 aromatic heterocycles. The van der Waals surface area contributed by atoms with Gasteiger partial charge in [0.1, 0.15) is 5.75 Å². The van der Waals surface area contributed by atoms with Crippen molar-refractivity contribution in [2.24, 2.45) is 10.7 Å². The minimum Gasteiger partial charge on any atom is -0.493 e. The normalized spacial score (nSPS) is 16.3. The highest BCUT2D eigenvalue weighted by Gasteiger charge is 2.21. The molecule has 0 saturated heterocycles. The molecule has 1 aliphatic rings. The maximum atomic E-state index is 11.9. The van der Waals surface area contributed by atoms with E-state index in [0.29, 0.717) is 31.2 Å². The second kappa shape index (κ2) is 8.38. The van der Waals surface area contributed by atoms with Crippen molar-refractivity contribution in [3.63, 3.8) is 0 Å². The number of fused-ring (bicyclic) bond motifs is 1. The minimum atomic E-state index is -0.0803. The predicted octanol–water partition coefficient (Wildman–Crippen LogP) is 2.36. The first kappa shape index (κ1) is 17.8. The number of nitrogens with two attached hydrogens (primary N) is 1. The number of carbonyl (C=O) groups is 1. The van der Waals surface area contributed by atoms with Crippen LogP contribution in [0.15, 0.2) is 53.5 Å². The zero-order valence-electron chi connectivity index (χ0n) is 14.9. The topological polar surface area (TPSA) is 88.7 Å². The summed E-state index contributed by atoms with van der Waals surface area (Å²) in [5.41, 5.74) is 8.73. The third-order valence-corrected chi connectivity index (χ3v) is 4.24. The molecule has 1 heterocycles. The van der Waals surface area contributed by atoms with Crippen molar-refractivity contribution in [3.05, 3.63) is 65.2 Å². The Morgan fingerprint density at radius 3 is 2.96 bits per heavy atom. The monoisotopic (exact) mass is 352 g/mol. The van der Waals surface area contributed by atoms with Crippen LogP contribution < -0.4 is 21.1 Å². The summed E-state index contributed by atoms with van der Waals surface area (Å²) < 4.78 is 5.66. The van der Waals surface area contributed by atoms with Gasteiger partial charge in [-0.15, -0.1) is 0 Å². The van der Waals surface area contributed by atoms with Gasteiger partial charge in [0.15, 0.2) is 5.96 Å². The largest absolute Gasteiger partial charge is 0.493 e. The molecule has 0 saturated carbocycles. The average molecular weight is 352 g/mol. The van der Waals surface area contributed by atoms with Crippen molar-refractivity contribution < 1.29 is 9.53 Å². The van der Waals surface area contributed by atoms with Gasteiger partial charge in [-0.1, -0.05) is 30.3 Å². The van der Waals surface area contributed by atoms with Crippen molar-refractivity contribution in [2.75, 3.05) is 13.2 Å². The lowest BCUT2D eigenvalue weighted by Gasteiger charge is -2.26. The van der Waals surface area contributed by atoms with Crippen LogP contribution in [0.2, 0.25) is 0 Å². The van der Waals surface area contributed by atoms with E-state index >= 15 is 0 Å². The first-order valence-electron chi connectivity index (χ1n) is 8.82. The lowest BCUT2D eigenvalue weighted by Crippen LogP contribution is -2.37. The molecule has 2 aromatic rings. The van der Waals surface area contributed by atoms with Crippen molar-refractivity contribution in [3.8, 4) is 5.75 Å². The fraction of sp³-hybridized carbons (Fsp3) is 0.300. The third-order valence-electron chi connectivity index (χ3n) is 4.24. The fourth-order valence-electron chi connectivity index (χ4n) is 2.97. The second-order valence-corrected chi connectivity index (χ2v) is 6.13. The highest BCUT2D eigenvalue weighted by atomic mass is 16.5. The molecule has 1 atom stereocenters. The van der Waals surface area contributed by atoms with Gasteiger partial charge in [-0.3, -0.25) is 4.79 Å². The SMILES string of the molecule is CCNC(=O)c1cccc(CN=C(N)NC2CCOc3ccccc32)c1. The standard InChI is InChI=1S/C20H24N4O2/c1-2-22-19(25)15-7-5-6-14(12-15)13-23-20(21)24-17-10-11-26-18-9-4-3-8-16(17)18/h3-9,12,17H,2,10-11,13H2,1H3,(H,22,25)(H3,21,23,24). The molecule has 6 nitrogen and oxygen atoms in total. The maximum Gasteiger partial charge on any atom is 0.251 e. The van der Waals surface area contributed by atoms with E-state index in [9.17, 15) is 4.79 Å². The molecular formula is C20H24N4O2. The van der Waals surface area contributed by atoms with Gasteiger partial charge in [-0.05, 0) is 30.7 Å². The molecule has 136 valence electrons. The van der Waals surface area contributed by atoms with Crippen LogP contribution in [0.3, 0.4) is 0 Å². The molecule has 0 aliphatic carbocycles. The number of carbonyl (C=O) groups excluding carboxylic acids is 1. The molecule has 2 aromatic carbocycles. The number of hydrogen-bond donors (Lipinski definition) is 3. The highest BCUT2D eigenvalue weighted by molar-refractivity contribution is 5.94.